The van der Waals surface area contributed by atoms with Crippen LogP contribution in [-0.2, 0) is 19.1 Å². The van der Waals surface area contributed by atoms with Crippen molar-refractivity contribution in [2.45, 2.75) is 40.2 Å². The molecule has 0 radical (unpaired) electrons. The summed E-state index contributed by atoms with van der Waals surface area (Å²) in [6, 6.07) is 5.62. The van der Waals surface area contributed by atoms with Gasteiger partial charge in [-0.1, -0.05) is 30.7 Å². The first-order chi connectivity index (χ1) is 11.1. The first kappa shape index (κ1) is 18.2. The number of carbonyl (C=O) groups is 3. The van der Waals surface area contributed by atoms with Crippen molar-refractivity contribution in [1.82, 2.24) is 0 Å². The molecule has 1 saturated heterocycles. The van der Waals surface area contributed by atoms with Gasteiger partial charge in [0.25, 0.3) is 0 Å². The van der Waals surface area contributed by atoms with E-state index in [1.807, 2.05) is 26.0 Å². The fourth-order valence-corrected chi connectivity index (χ4v) is 3.70. The molecule has 3 atom stereocenters. The van der Waals surface area contributed by atoms with E-state index in [0.29, 0.717) is 5.56 Å². The maximum absolute atomic E-state index is 13.0. The van der Waals surface area contributed by atoms with Crippen molar-refractivity contribution in [2.75, 3.05) is 7.11 Å². The van der Waals surface area contributed by atoms with Crippen LogP contribution in [0.2, 0.25) is 0 Å². The zero-order chi connectivity index (χ0) is 18.2. The molecule has 0 amide bonds. The van der Waals surface area contributed by atoms with E-state index in [9.17, 15) is 14.4 Å². The molecule has 0 aromatic heterocycles. The third-order valence-electron chi connectivity index (χ3n) is 4.83. The van der Waals surface area contributed by atoms with Crippen LogP contribution in [0.5, 0.6) is 0 Å². The van der Waals surface area contributed by atoms with Crippen molar-refractivity contribution in [2.24, 2.45) is 17.8 Å². The first-order valence-corrected chi connectivity index (χ1v) is 8.02. The minimum atomic E-state index is -1.07. The van der Waals surface area contributed by atoms with Crippen LogP contribution < -0.4 is 0 Å². The summed E-state index contributed by atoms with van der Waals surface area (Å²) in [7, 11) is 1.23. The molecule has 0 spiro atoms. The Bertz CT molecular complexity index is 689. The van der Waals surface area contributed by atoms with Crippen LogP contribution in [-0.4, -0.2) is 30.4 Å². The van der Waals surface area contributed by atoms with E-state index in [-0.39, 0.29) is 5.78 Å². The molecular formula is C19H24O5. The Balaban J connectivity index is 2.41. The fourth-order valence-electron chi connectivity index (χ4n) is 3.70. The lowest BCUT2D eigenvalue weighted by Crippen LogP contribution is -2.41. The van der Waals surface area contributed by atoms with Gasteiger partial charge in [-0.25, -0.2) is 0 Å². The summed E-state index contributed by atoms with van der Waals surface area (Å²) in [5, 5.41) is 0. The highest BCUT2D eigenvalue weighted by molar-refractivity contribution is 6.02. The Morgan fingerprint density at radius 1 is 1.25 bits per heavy atom. The van der Waals surface area contributed by atoms with Gasteiger partial charge in [-0.3, -0.25) is 14.4 Å². The number of ketones is 1. The zero-order valence-electron chi connectivity index (χ0n) is 15.0. The standard InChI is InChI=1S/C19H24O5/c1-10-7-8-13(11(2)9-10)16(20)12(3)15-14(17(21)23-6)18(22)24-19(15,4)5/h7-9,12,14-15H,1-6H3/t12-,14-,15+/m0/s1. The van der Waals surface area contributed by atoms with Gasteiger partial charge in [0.15, 0.2) is 11.7 Å². The van der Waals surface area contributed by atoms with Crippen LogP contribution in [0.15, 0.2) is 18.2 Å². The molecule has 1 aromatic carbocycles. The van der Waals surface area contributed by atoms with Crippen molar-refractivity contribution in [3.63, 3.8) is 0 Å². The van der Waals surface area contributed by atoms with Gasteiger partial charge in [0.05, 0.1) is 7.11 Å². The highest BCUT2D eigenvalue weighted by atomic mass is 16.6. The van der Waals surface area contributed by atoms with Gasteiger partial charge in [-0.2, -0.15) is 0 Å². The monoisotopic (exact) mass is 332 g/mol. The van der Waals surface area contributed by atoms with E-state index in [1.165, 1.54) is 7.11 Å². The van der Waals surface area contributed by atoms with Gasteiger partial charge in [0.2, 0.25) is 0 Å². The lowest BCUT2D eigenvalue weighted by atomic mass is 9.72. The summed E-state index contributed by atoms with van der Waals surface area (Å²) in [6.07, 6.45) is 0. The number of ether oxygens (including phenoxy) is 2. The summed E-state index contributed by atoms with van der Waals surface area (Å²) >= 11 is 0. The number of aryl methyl sites for hydroxylation is 2. The minimum absolute atomic E-state index is 0.0993. The molecular weight excluding hydrogens is 308 g/mol. The molecule has 1 aliphatic heterocycles. The number of methoxy groups -OCH3 is 1. The summed E-state index contributed by atoms with van der Waals surface area (Å²) in [5.41, 5.74) is 1.64. The number of hydrogen-bond donors (Lipinski definition) is 0. The molecule has 0 unspecified atom stereocenters. The number of esters is 2. The topological polar surface area (TPSA) is 69.7 Å². The first-order valence-electron chi connectivity index (χ1n) is 8.02. The zero-order valence-corrected chi connectivity index (χ0v) is 15.0. The van der Waals surface area contributed by atoms with Gasteiger partial charge in [-0.05, 0) is 33.3 Å². The molecule has 2 rings (SSSR count). The van der Waals surface area contributed by atoms with E-state index < -0.39 is 35.3 Å². The Morgan fingerprint density at radius 3 is 2.42 bits per heavy atom. The van der Waals surface area contributed by atoms with Crippen LogP contribution in [0.3, 0.4) is 0 Å². The summed E-state index contributed by atoms with van der Waals surface area (Å²) < 4.78 is 10.1. The van der Waals surface area contributed by atoms with E-state index in [0.717, 1.165) is 11.1 Å². The van der Waals surface area contributed by atoms with Crippen LogP contribution in [0.4, 0.5) is 0 Å². The smallest absolute Gasteiger partial charge is 0.321 e. The van der Waals surface area contributed by atoms with E-state index in [4.69, 9.17) is 9.47 Å². The molecule has 0 bridgehead atoms. The maximum Gasteiger partial charge on any atom is 0.321 e. The average molecular weight is 332 g/mol. The molecule has 130 valence electrons. The van der Waals surface area contributed by atoms with E-state index in [2.05, 4.69) is 0 Å². The van der Waals surface area contributed by atoms with Gasteiger partial charge in [0, 0.05) is 17.4 Å². The number of Topliss-reactive ketones (excluding diaryl/α,β-unsaturated/α-hetero) is 1. The SMILES string of the molecule is COC(=O)[C@H]1C(=O)OC(C)(C)[C@@H]1[C@H](C)C(=O)c1ccc(C)cc1C. The van der Waals surface area contributed by atoms with Crippen LogP contribution in [0.25, 0.3) is 0 Å². The van der Waals surface area contributed by atoms with Crippen molar-refractivity contribution in [3.8, 4) is 0 Å². The van der Waals surface area contributed by atoms with Crippen molar-refractivity contribution >= 4 is 17.7 Å². The van der Waals surface area contributed by atoms with Gasteiger partial charge < -0.3 is 9.47 Å². The molecule has 1 aromatic rings. The molecule has 24 heavy (non-hydrogen) atoms. The predicted octanol–water partition coefficient (Wildman–Crippen LogP) is 2.86. The summed E-state index contributed by atoms with van der Waals surface area (Å²) in [5.74, 6) is -3.59. The Labute approximate surface area is 142 Å². The second kappa shape index (κ2) is 6.38. The number of cyclic esters (lactones) is 1. The largest absolute Gasteiger partial charge is 0.468 e. The maximum atomic E-state index is 13.0. The number of carbonyl (C=O) groups excluding carboxylic acids is 3. The number of hydrogen-bond acceptors (Lipinski definition) is 5. The lowest BCUT2D eigenvalue weighted by molar-refractivity contribution is -0.156. The second-order valence-electron chi connectivity index (χ2n) is 7.02. The second-order valence-corrected chi connectivity index (χ2v) is 7.02. The summed E-state index contributed by atoms with van der Waals surface area (Å²) in [4.78, 5) is 37.2. The molecule has 0 aliphatic carbocycles. The Morgan fingerprint density at radius 2 is 1.88 bits per heavy atom. The minimum Gasteiger partial charge on any atom is -0.468 e. The van der Waals surface area contributed by atoms with Crippen LogP contribution in [0.1, 0.15) is 42.3 Å². The Hall–Kier alpha value is -2.17. The Kier molecular flexibility index (Phi) is 4.83. The lowest BCUT2D eigenvalue weighted by Gasteiger charge is -2.30. The van der Waals surface area contributed by atoms with Gasteiger partial charge in [-0.15, -0.1) is 0 Å². The number of rotatable bonds is 4. The highest BCUT2D eigenvalue weighted by Gasteiger charge is 2.57. The number of benzene rings is 1. The molecule has 5 nitrogen and oxygen atoms in total. The van der Waals surface area contributed by atoms with E-state index in [1.54, 1.807) is 26.8 Å². The van der Waals surface area contributed by atoms with Gasteiger partial charge in [0.1, 0.15) is 5.60 Å². The third-order valence-corrected chi connectivity index (χ3v) is 4.83. The fraction of sp³-hybridized carbons (Fsp3) is 0.526. The van der Waals surface area contributed by atoms with Gasteiger partial charge >= 0.3 is 11.9 Å². The molecule has 0 saturated carbocycles. The quantitative estimate of drug-likeness (QED) is 0.482. The highest BCUT2D eigenvalue weighted by Crippen LogP contribution is 2.43. The van der Waals surface area contributed by atoms with E-state index >= 15 is 0 Å². The molecule has 1 aliphatic rings. The molecule has 1 heterocycles. The average Bonchev–Trinajstić information content (AvgIpc) is 2.73. The van der Waals surface area contributed by atoms with Crippen molar-refractivity contribution in [1.29, 1.82) is 0 Å². The molecule has 1 fully saturated rings. The van der Waals surface area contributed by atoms with Crippen molar-refractivity contribution in [3.05, 3.63) is 34.9 Å². The summed E-state index contributed by atoms with van der Waals surface area (Å²) in [6.45, 7) is 9.04. The predicted molar refractivity (Wildman–Crippen MR) is 88.6 cm³/mol. The van der Waals surface area contributed by atoms with Crippen molar-refractivity contribution < 1.29 is 23.9 Å². The normalized spacial score (nSPS) is 23.5. The van der Waals surface area contributed by atoms with Crippen LogP contribution >= 0.6 is 0 Å². The molecule has 0 N–H and O–H groups in total. The molecule has 5 heteroatoms. The van der Waals surface area contributed by atoms with Crippen LogP contribution in [0, 0.1) is 31.6 Å². The third kappa shape index (κ3) is 3.07.